The molecule has 0 saturated carbocycles. The summed E-state index contributed by atoms with van der Waals surface area (Å²) in [6.07, 6.45) is 7.06. The van der Waals surface area contributed by atoms with Crippen molar-refractivity contribution in [2.24, 2.45) is 5.92 Å². The van der Waals surface area contributed by atoms with Gasteiger partial charge in [-0.1, -0.05) is 12.1 Å². The van der Waals surface area contributed by atoms with Crippen LogP contribution in [0.2, 0.25) is 0 Å². The van der Waals surface area contributed by atoms with Crippen LogP contribution in [-0.2, 0) is 27.7 Å². The molecule has 1 fully saturated rings. The van der Waals surface area contributed by atoms with Crippen molar-refractivity contribution in [3.8, 4) is 0 Å². The smallest absolute Gasteiger partial charge is 0.243 e. The maximum Gasteiger partial charge on any atom is 0.243 e. The Balaban J connectivity index is 1.37. The van der Waals surface area contributed by atoms with E-state index in [1.165, 1.54) is 21.9 Å². The predicted molar refractivity (Wildman–Crippen MR) is 115 cm³/mol. The second-order valence-electron chi connectivity index (χ2n) is 8.30. The van der Waals surface area contributed by atoms with E-state index in [4.69, 9.17) is 0 Å². The van der Waals surface area contributed by atoms with Gasteiger partial charge >= 0.3 is 0 Å². The number of sulfonamides is 1. The maximum absolute atomic E-state index is 13.1. The van der Waals surface area contributed by atoms with Gasteiger partial charge in [0.05, 0.1) is 16.6 Å². The molecule has 0 unspecified atom stereocenters. The lowest BCUT2D eigenvalue weighted by Crippen LogP contribution is -2.43. The van der Waals surface area contributed by atoms with E-state index < -0.39 is 10.0 Å². The lowest BCUT2D eigenvalue weighted by atomic mass is 9.92. The molecule has 1 aliphatic carbocycles. The third-order valence-electron chi connectivity index (χ3n) is 6.27. The Kier molecular flexibility index (Phi) is 6.20. The zero-order chi connectivity index (χ0) is 21.1. The minimum Gasteiger partial charge on any atom is -0.348 e. The van der Waals surface area contributed by atoms with Gasteiger partial charge in [-0.25, -0.2) is 8.42 Å². The number of piperidine rings is 1. The number of hydrogen-bond acceptors (Lipinski definition) is 4. The van der Waals surface area contributed by atoms with E-state index in [2.05, 4.69) is 10.3 Å². The number of pyridine rings is 1. The van der Waals surface area contributed by atoms with Crippen molar-refractivity contribution in [2.75, 3.05) is 13.1 Å². The summed E-state index contributed by atoms with van der Waals surface area (Å²) in [5.41, 5.74) is 3.26. The Morgan fingerprint density at radius 3 is 2.53 bits per heavy atom. The van der Waals surface area contributed by atoms with Crippen LogP contribution in [0.15, 0.2) is 47.5 Å². The van der Waals surface area contributed by atoms with E-state index in [1.54, 1.807) is 12.3 Å². The summed E-state index contributed by atoms with van der Waals surface area (Å²) in [5, 5.41) is 3.02. The van der Waals surface area contributed by atoms with Crippen LogP contribution in [0.4, 0.5) is 0 Å². The predicted octanol–water partition coefficient (Wildman–Crippen LogP) is 3.24. The normalized spacial score (nSPS) is 19.1. The first-order valence-electron chi connectivity index (χ1n) is 10.8. The van der Waals surface area contributed by atoms with Gasteiger partial charge in [-0.15, -0.1) is 0 Å². The first-order valence-corrected chi connectivity index (χ1v) is 12.2. The van der Waals surface area contributed by atoms with Crippen LogP contribution in [0.5, 0.6) is 0 Å². The monoisotopic (exact) mass is 427 g/mol. The summed E-state index contributed by atoms with van der Waals surface area (Å²) in [6.45, 7) is 2.65. The first-order chi connectivity index (χ1) is 14.4. The Morgan fingerprint density at radius 2 is 1.83 bits per heavy atom. The molecule has 6 nitrogen and oxygen atoms in total. The highest BCUT2D eigenvalue weighted by atomic mass is 32.2. The largest absolute Gasteiger partial charge is 0.348 e. The number of fused-ring (bicyclic) bond motifs is 1. The number of carbonyl (C=O) groups excluding carboxylic acids is 1. The fourth-order valence-electron chi connectivity index (χ4n) is 4.41. The molecule has 2 heterocycles. The first kappa shape index (κ1) is 21.0. The van der Waals surface area contributed by atoms with Crippen LogP contribution in [0, 0.1) is 5.92 Å². The molecule has 2 aromatic rings. The zero-order valence-corrected chi connectivity index (χ0v) is 18.2. The molecule has 30 heavy (non-hydrogen) atoms. The van der Waals surface area contributed by atoms with Crippen molar-refractivity contribution in [1.29, 1.82) is 0 Å². The summed E-state index contributed by atoms with van der Waals surface area (Å²) < 4.78 is 27.8. The quantitative estimate of drug-likeness (QED) is 0.795. The van der Waals surface area contributed by atoms with Crippen molar-refractivity contribution in [2.45, 2.75) is 56.4 Å². The molecule has 1 aromatic heterocycles. The van der Waals surface area contributed by atoms with Gasteiger partial charge in [-0.05, 0) is 80.8 Å². The minimum absolute atomic E-state index is 0.0287. The minimum atomic E-state index is -3.52. The van der Waals surface area contributed by atoms with Crippen molar-refractivity contribution in [3.05, 3.63) is 59.4 Å². The van der Waals surface area contributed by atoms with Crippen LogP contribution in [0.25, 0.3) is 0 Å². The Morgan fingerprint density at radius 1 is 1.10 bits per heavy atom. The molecule has 160 valence electrons. The number of carbonyl (C=O) groups is 1. The fraction of sp³-hybridized carbons (Fsp3) is 0.478. The summed E-state index contributed by atoms with van der Waals surface area (Å²) in [7, 11) is -3.52. The van der Waals surface area contributed by atoms with Gasteiger partial charge in [0.25, 0.3) is 0 Å². The van der Waals surface area contributed by atoms with Gasteiger partial charge in [-0.2, -0.15) is 4.31 Å². The lowest BCUT2D eigenvalue weighted by molar-refractivity contribution is -0.126. The third-order valence-corrected chi connectivity index (χ3v) is 8.17. The SMILES string of the molecule is C[C@H](NC(=O)C1CCN(S(=O)(=O)c2ccc3c(c2)CCCC3)CC1)c1ccccn1. The maximum atomic E-state index is 13.1. The topological polar surface area (TPSA) is 79.4 Å². The van der Waals surface area contributed by atoms with Gasteiger partial charge in [0.15, 0.2) is 0 Å². The van der Waals surface area contributed by atoms with Gasteiger partial charge in [0, 0.05) is 25.2 Å². The summed E-state index contributed by atoms with van der Waals surface area (Å²) in [6, 6.07) is 11.0. The average molecular weight is 428 g/mol. The molecule has 1 amide bonds. The molecule has 1 saturated heterocycles. The average Bonchev–Trinajstić information content (AvgIpc) is 2.79. The van der Waals surface area contributed by atoms with Crippen molar-refractivity contribution >= 4 is 15.9 Å². The van der Waals surface area contributed by atoms with Gasteiger partial charge < -0.3 is 5.32 Å². The van der Waals surface area contributed by atoms with Gasteiger partial charge in [-0.3, -0.25) is 9.78 Å². The molecule has 2 aliphatic rings. The van der Waals surface area contributed by atoms with Crippen LogP contribution in [0.1, 0.15) is 55.5 Å². The van der Waals surface area contributed by atoms with Crippen molar-refractivity contribution in [3.63, 3.8) is 0 Å². The molecule has 1 aromatic carbocycles. The van der Waals surface area contributed by atoms with E-state index in [0.717, 1.165) is 25.0 Å². The second kappa shape index (κ2) is 8.86. The van der Waals surface area contributed by atoms with E-state index in [-0.39, 0.29) is 17.9 Å². The van der Waals surface area contributed by atoms with E-state index in [0.29, 0.717) is 30.8 Å². The van der Waals surface area contributed by atoms with Crippen molar-refractivity contribution in [1.82, 2.24) is 14.6 Å². The molecular formula is C23H29N3O3S. The molecule has 4 rings (SSSR count). The molecule has 1 N–H and O–H groups in total. The number of hydrogen-bond donors (Lipinski definition) is 1. The van der Waals surface area contributed by atoms with Crippen LogP contribution < -0.4 is 5.32 Å². The number of benzene rings is 1. The van der Waals surface area contributed by atoms with Crippen LogP contribution in [-0.4, -0.2) is 36.7 Å². The van der Waals surface area contributed by atoms with Crippen LogP contribution in [0.3, 0.4) is 0 Å². The summed E-state index contributed by atoms with van der Waals surface area (Å²) >= 11 is 0. The number of nitrogens with one attached hydrogen (secondary N) is 1. The Labute approximate surface area is 178 Å². The Bertz CT molecular complexity index is 1000. The van der Waals surface area contributed by atoms with E-state index in [9.17, 15) is 13.2 Å². The molecule has 0 radical (unpaired) electrons. The number of nitrogens with zero attached hydrogens (tertiary/aromatic N) is 2. The van der Waals surface area contributed by atoms with Crippen LogP contribution >= 0.6 is 0 Å². The van der Waals surface area contributed by atoms with E-state index in [1.807, 2.05) is 37.3 Å². The molecule has 0 bridgehead atoms. The standard InChI is InChI=1S/C23H29N3O3S/c1-17(22-8-4-5-13-24-22)25-23(27)19-11-14-26(15-12-19)30(28,29)21-10-9-18-6-2-3-7-20(18)16-21/h4-5,8-10,13,16-17,19H,2-3,6-7,11-12,14-15H2,1H3,(H,25,27)/t17-/m0/s1. The third kappa shape index (κ3) is 4.42. The molecule has 1 aliphatic heterocycles. The summed E-state index contributed by atoms with van der Waals surface area (Å²) in [4.78, 5) is 17.3. The highest BCUT2D eigenvalue weighted by Gasteiger charge is 2.33. The second-order valence-corrected chi connectivity index (χ2v) is 10.2. The molecular weight excluding hydrogens is 398 g/mol. The molecule has 0 spiro atoms. The number of amides is 1. The zero-order valence-electron chi connectivity index (χ0n) is 17.4. The van der Waals surface area contributed by atoms with Gasteiger partial charge in [0.1, 0.15) is 0 Å². The number of aryl methyl sites for hydroxylation is 2. The highest BCUT2D eigenvalue weighted by Crippen LogP contribution is 2.28. The highest BCUT2D eigenvalue weighted by molar-refractivity contribution is 7.89. The lowest BCUT2D eigenvalue weighted by Gasteiger charge is -2.31. The number of rotatable bonds is 5. The molecule has 1 atom stereocenters. The van der Waals surface area contributed by atoms with Gasteiger partial charge in [0.2, 0.25) is 15.9 Å². The summed E-state index contributed by atoms with van der Waals surface area (Å²) in [5.74, 6) is -0.204. The fourth-order valence-corrected chi connectivity index (χ4v) is 5.94. The number of aromatic nitrogens is 1. The Hall–Kier alpha value is -2.25. The van der Waals surface area contributed by atoms with E-state index >= 15 is 0 Å². The molecule has 7 heteroatoms. The van der Waals surface area contributed by atoms with Crippen molar-refractivity contribution < 1.29 is 13.2 Å².